The second kappa shape index (κ2) is 8.47. The maximum atomic E-state index is 13.4. The molecule has 0 saturated heterocycles. The summed E-state index contributed by atoms with van der Waals surface area (Å²) < 4.78 is 66.1. The standard InChI is InChI=1S/C17H13F5N2O3/c18-10-1-6-13(14(19)9-10)16(26)23-8-7-15(25)24-11-2-4-12(5-3-11)27-17(20,21)22/h1-6,9H,7-8H2,(H,23,26)(H,24,25). The van der Waals surface area contributed by atoms with Crippen LogP contribution in [0.5, 0.6) is 5.75 Å². The van der Waals surface area contributed by atoms with Gasteiger partial charge in [0.05, 0.1) is 5.56 Å². The van der Waals surface area contributed by atoms with Gasteiger partial charge in [-0.15, -0.1) is 13.2 Å². The topological polar surface area (TPSA) is 67.4 Å². The molecule has 2 aromatic carbocycles. The van der Waals surface area contributed by atoms with Crippen LogP contribution >= 0.6 is 0 Å². The van der Waals surface area contributed by atoms with Gasteiger partial charge >= 0.3 is 6.36 Å². The average Bonchev–Trinajstić information content (AvgIpc) is 2.55. The molecule has 0 aliphatic heterocycles. The van der Waals surface area contributed by atoms with E-state index < -0.39 is 35.6 Å². The van der Waals surface area contributed by atoms with Gasteiger partial charge in [0.2, 0.25) is 5.91 Å². The van der Waals surface area contributed by atoms with Crippen molar-refractivity contribution in [3.63, 3.8) is 0 Å². The van der Waals surface area contributed by atoms with E-state index >= 15 is 0 Å². The van der Waals surface area contributed by atoms with Crippen molar-refractivity contribution >= 4 is 17.5 Å². The lowest BCUT2D eigenvalue weighted by Crippen LogP contribution is -2.28. The molecule has 0 aliphatic carbocycles. The van der Waals surface area contributed by atoms with E-state index in [1.165, 1.54) is 12.1 Å². The van der Waals surface area contributed by atoms with Gasteiger partial charge in [-0.2, -0.15) is 0 Å². The molecule has 10 heteroatoms. The van der Waals surface area contributed by atoms with Gasteiger partial charge in [0.1, 0.15) is 17.4 Å². The number of carbonyl (C=O) groups excluding carboxylic acids is 2. The average molecular weight is 388 g/mol. The summed E-state index contributed by atoms with van der Waals surface area (Å²) in [6.45, 7) is -0.128. The Hall–Kier alpha value is -3.17. The lowest BCUT2D eigenvalue weighted by Gasteiger charge is -2.10. The highest BCUT2D eigenvalue weighted by Gasteiger charge is 2.30. The fourth-order valence-corrected chi connectivity index (χ4v) is 2.02. The number of nitrogens with one attached hydrogen (secondary N) is 2. The zero-order chi connectivity index (χ0) is 20.0. The predicted molar refractivity (Wildman–Crippen MR) is 85.1 cm³/mol. The van der Waals surface area contributed by atoms with Crippen molar-refractivity contribution in [2.75, 3.05) is 11.9 Å². The Morgan fingerprint density at radius 2 is 1.67 bits per heavy atom. The Bertz CT molecular complexity index is 822. The number of amides is 2. The van der Waals surface area contributed by atoms with Crippen molar-refractivity contribution in [3.05, 3.63) is 59.7 Å². The van der Waals surface area contributed by atoms with Crippen molar-refractivity contribution in [1.82, 2.24) is 5.32 Å². The maximum Gasteiger partial charge on any atom is 0.573 e. The van der Waals surface area contributed by atoms with Crippen molar-refractivity contribution in [1.29, 1.82) is 0 Å². The van der Waals surface area contributed by atoms with Crippen LogP contribution in [0.1, 0.15) is 16.8 Å². The van der Waals surface area contributed by atoms with Crippen molar-refractivity contribution in [2.24, 2.45) is 0 Å². The molecule has 2 aromatic rings. The highest BCUT2D eigenvalue weighted by atomic mass is 19.4. The third-order valence-corrected chi connectivity index (χ3v) is 3.19. The molecule has 144 valence electrons. The number of carbonyl (C=O) groups is 2. The molecule has 5 nitrogen and oxygen atoms in total. The third-order valence-electron chi connectivity index (χ3n) is 3.19. The number of halogens is 5. The van der Waals surface area contributed by atoms with Crippen LogP contribution in [0.15, 0.2) is 42.5 Å². The van der Waals surface area contributed by atoms with E-state index in [9.17, 15) is 31.5 Å². The van der Waals surface area contributed by atoms with Crippen LogP contribution in [0.4, 0.5) is 27.6 Å². The molecule has 0 bridgehead atoms. The normalized spacial score (nSPS) is 11.0. The third kappa shape index (κ3) is 6.57. The minimum absolute atomic E-state index is 0.128. The van der Waals surface area contributed by atoms with Gasteiger partial charge in [-0.05, 0) is 36.4 Å². The largest absolute Gasteiger partial charge is 0.573 e. The highest BCUT2D eigenvalue weighted by molar-refractivity contribution is 5.95. The molecule has 27 heavy (non-hydrogen) atoms. The first kappa shape index (κ1) is 20.1. The van der Waals surface area contributed by atoms with Crippen molar-refractivity contribution < 1.29 is 36.3 Å². The van der Waals surface area contributed by atoms with Gasteiger partial charge in [0, 0.05) is 24.7 Å². The number of alkyl halides is 3. The monoisotopic (exact) mass is 388 g/mol. The number of hydrogen-bond donors (Lipinski definition) is 2. The summed E-state index contributed by atoms with van der Waals surface area (Å²) in [4.78, 5) is 23.5. The van der Waals surface area contributed by atoms with Gasteiger partial charge in [0.15, 0.2) is 0 Å². The summed E-state index contributed by atoms with van der Waals surface area (Å²) >= 11 is 0. The number of rotatable bonds is 6. The van der Waals surface area contributed by atoms with Gasteiger partial charge in [-0.25, -0.2) is 8.78 Å². The molecule has 0 heterocycles. The quantitative estimate of drug-likeness (QED) is 0.743. The Labute approximate surface area is 150 Å². The molecule has 2 amide bonds. The van der Waals surface area contributed by atoms with Crippen LogP contribution in [0.25, 0.3) is 0 Å². The minimum Gasteiger partial charge on any atom is -0.406 e. The van der Waals surface area contributed by atoms with E-state index in [1.807, 2.05) is 0 Å². The van der Waals surface area contributed by atoms with Crippen LogP contribution in [0.3, 0.4) is 0 Å². The summed E-state index contributed by atoms with van der Waals surface area (Å²) in [6.07, 6.45) is -4.98. The van der Waals surface area contributed by atoms with E-state index in [4.69, 9.17) is 0 Å². The minimum atomic E-state index is -4.81. The molecule has 2 rings (SSSR count). The summed E-state index contributed by atoms with van der Waals surface area (Å²) in [6, 6.07) is 6.95. The van der Waals surface area contributed by atoms with Crippen LogP contribution in [0, 0.1) is 11.6 Å². The Balaban J connectivity index is 1.80. The maximum absolute atomic E-state index is 13.4. The SMILES string of the molecule is O=C(CCNC(=O)c1ccc(F)cc1F)Nc1ccc(OC(F)(F)F)cc1. The molecule has 0 aliphatic rings. The first-order valence-corrected chi connectivity index (χ1v) is 7.53. The van der Waals surface area contributed by atoms with Crippen LogP contribution in [-0.2, 0) is 4.79 Å². The predicted octanol–water partition coefficient (Wildman–Crippen LogP) is 3.62. The summed E-state index contributed by atoms with van der Waals surface area (Å²) in [7, 11) is 0. The van der Waals surface area contributed by atoms with E-state index in [2.05, 4.69) is 15.4 Å². The van der Waals surface area contributed by atoms with Gasteiger partial charge in [-0.3, -0.25) is 9.59 Å². The van der Waals surface area contributed by atoms with Crippen LogP contribution in [0.2, 0.25) is 0 Å². The van der Waals surface area contributed by atoms with E-state index in [0.29, 0.717) is 6.07 Å². The molecule has 0 fully saturated rings. The number of ether oxygens (including phenoxy) is 1. The Kier molecular flexibility index (Phi) is 6.32. The second-order valence-electron chi connectivity index (χ2n) is 5.25. The molecule has 0 radical (unpaired) electrons. The van der Waals surface area contributed by atoms with Crippen molar-refractivity contribution in [2.45, 2.75) is 12.8 Å². The summed E-state index contributed by atoms with van der Waals surface area (Å²) in [5.41, 5.74) is -0.137. The summed E-state index contributed by atoms with van der Waals surface area (Å²) in [5.74, 6) is -3.63. The molecule has 0 spiro atoms. The zero-order valence-corrected chi connectivity index (χ0v) is 13.6. The molecule has 0 saturated carbocycles. The van der Waals surface area contributed by atoms with E-state index in [-0.39, 0.29) is 24.2 Å². The highest BCUT2D eigenvalue weighted by Crippen LogP contribution is 2.23. The van der Waals surface area contributed by atoms with Crippen LogP contribution < -0.4 is 15.4 Å². The Morgan fingerprint density at radius 3 is 2.26 bits per heavy atom. The lowest BCUT2D eigenvalue weighted by atomic mass is 10.2. The first-order valence-electron chi connectivity index (χ1n) is 7.53. The number of hydrogen-bond acceptors (Lipinski definition) is 3. The van der Waals surface area contributed by atoms with Gasteiger partial charge < -0.3 is 15.4 Å². The summed E-state index contributed by atoms with van der Waals surface area (Å²) in [5, 5.41) is 4.72. The molecular weight excluding hydrogens is 375 g/mol. The first-order chi connectivity index (χ1) is 12.6. The fourth-order valence-electron chi connectivity index (χ4n) is 2.02. The zero-order valence-electron chi connectivity index (χ0n) is 13.6. The number of benzene rings is 2. The van der Waals surface area contributed by atoms with Gasteiger partial charge in [-0.1, -0.05) is 0 Å². The van der Waals surface area contributed by atoms with Crippen molar-refractivity contribution in [3.8, 4) is 5.75 Å². The number of anilines is 1. The lowest BCUT2D eigenvalue weighted by molar-refractivity contribution is -0.274. The van der Waals surface area contributed by atoms with E-state index in [0.717, 1.165) is 24.3 Å². The smallest absolute Gasteiger partial charge is 0.406 e. The van der Waals surface area contributed by atoms with Gasteiger partial charge in [0.25, 0.3) is 5.91 Å². The fraction of sp³-hybridized carbons (Fsp3) is 0.176. The molecular formula is C17H13F5N2O3. The molecule has 0 unspecified atom stereocenters. The second-order valence-corrected chi connectivity index (χ2v) is 5.25. The molecule has 0 aromatic heterocycles. The molecule has 2 N–H and O–H groups in total. The Morgan fingerprint density at radius 1 is 1.00 bits per heavy atom. The van der Waals surface area contributed by atoms with Crippen LogP contribution in [-0.4, -0.2) is 24.7 Å². The molecule has 0 atom stereocenters. The van der Waals surface area contributed by atoms with E-state index in [1.54, 1.807) is 0 Å².